The van der Waals surface area contributed by atoms with Crippen LogP contribution in [0.1, 0.15) is 46.1 Å². The van der Waals surface area contributed by atoms with Gasteiger partial charge in [0.15, 0.2) is 0 Å². The summed E-state index contributed by atoms with van der Waals surface area (Å²) in [7, 11) is 0. The molecular formula is C13H22N4O3. The number of anilines is 1. The zero-order chi connectivity index (χ0) is 15.1. The monoisotopic (exact) mass is 282 g/mol. The molecule has 7 nitrogen and oxygen atoms in total. The Labute approximate surface area is 118 Å². The molecule has 0 bridgehead atoms. The number of amides is 2. The highest BCUT2D eigenvalue weighted by Crippen LogP contribution is 2.10. The summed E-state index contributed by atoms with van der Waals surface area (Å²) in [6.07, 6.45) is 5.29. The summed E-state index contributed by atoms with van der Waals surface area (Å²) in [4.78, 5) is 22.8. The highest BCUT2D eigenvalue weighted by Gasteiger charge is 2.19. The largest absolute Gasteiger partial charge is 0.480 e. The Morgan fingerprint density at radius 3 is 2.65 bits per heavy atom. The predicted molar refractivity (Wildman–Crippen MR) is 75.7 cm³/mol. The summed E-state index contributed by atoms with van der Waals surface area (Å²) in [5, 5.41) is 18.2. The smallest absolute Gasteiger partial charge is 0.326 e. The number of urea groups is 1. The van der Waals surface area contributed by atoms with Crippen LogP contribution in [0.5, 0.6) is 0 Å². The molecule has 2 amide bonds. The molecule has 20 heavy (non-hydrogen) atoms. The van der Waals surface area contributed by atoms with E-state index in [4.69, 9.17) is 5.11 Å². The molecule has 1 rings (SSSR count). The number of hydrogen-bond acceptors (Lipinski definition) is 3. The third-order valence-electron chi connectivity index (χ3n) is 2.84. The van der Waals surface area contributed by atoms with E-state index in [0.29, 0.717) is 12.1 Å². The summed E-state index contributed by atoms with van der Waals surface area (Å²) < 4.78 is 1.71. The highest BCUT2D eigenvalue weighted by molar-refractivity contribution is 5.91. The SMILES string of the molecule is CCCCC(NC(=O)Nc1cnn(C(C)C)c1)C(=O)O. The van der Waals surface area contributed by atoms with Gasteiger partial charge in [0, 0.05) is 12.2 Å². The summed E-state index contributed by atoms with van der Waals surface area (Å²) in [5.41, 5.74) is 0.538. The van der Waals surface area contributed by atoms with Crippen LogP contribution < -0.4 is 10.6 Å². The van der Waals surface area contributed by atoms with Gasteiger partial charge in [-0.1, -0.05) is 19.8 Å². The third kappa shape index (κ3) is 4.91. The first-order valence-corrected chi connectivity index (χ1v) is 6.78. The molecule has 0 aromatic carbocycles. The Kier molecular flexibility index (Phi) is 6.02. The van der Waals surface area contributed by atoms with Crippen molar-refractivity contribution in [2.24, 2.45) is 0 Å². The van der Waals surface area contributed by atoms with Crippen molar-refractivity contribution in [2.45, 2.75) is 52.1 Å². The van der Waals surface area contributed by atoms with Gasteiger partial charge in [0.25, 0.3) is 0 Å². The first kappa shape index (κ1) is 16.0. The minimum atomic E-state index is -1.02. The fourth-order valence-electron chi connectivity index (χ4n) is 1.68. The second-order valence-corrected chi connectivity index (χ2v) is 4.93. The van der Waals surface area contributed by atoms with E-state index in [2.05, 4.69) is 15.7 Å². The number of hydrogen-bond donors (Lipinski definition) is 3. The van der Waals surface area contributed by atoms with Gasteiger partial charge in [0.05, 0.1) is 11.9 Å². The van der Waals surface area contributed by atoms with Crippen molar-refractivity contribution in [1.29, 1.82) is 0 Å². The van der Waals surface area contributed by atoms with Crippen molar-refractivity contribution >= 4 is 17.7 Å². The zero-order valence-electron chi connectivity index (χ0n) is 12.1. The number of unbranched alkanes of at least 4 members (excludes halogenated alkanes) is 1. The van der Waals surface area contributed by atoms with E-state index in [0.717, 1.165) is 12.8 Å². The Morgan fingerprint density at radius 1 is 1.45 bits per heavy atom. The van der Waals surface area contributed by atoms with Crippen LogP contribution in [-0.4, -0.2) is 32.9 Å². The van der Waals surface area contributed by atoms with Crippen molar-refractivity contribution in [3.8, 4) is 0 Å². The average Bonchev–Trinajstić information content (AvgIpc) is 2.82. The Hall–Kier alpha value is -2.05. The molecule has 0 fully saturated rings. The number of nitrogens with zero attached hydrogens (tertiary/aromatic N) is 2. The lowest BCUT2D eigenvalue weighted by atomic mass is 10.1. The lowest BCUT2D eigenvalue weighted by Gasteiger charge is -2.14. The fourth-order valence-corrected chi connectivity index (χ4v) is 1.68. The van der Waals surface area contributed by atoms with Crippen LogP contribution in [0, 0.1) is 0 Å². The van der Waals surface area contributed by atoms with Gasteiger partial charge < -0.3 is 15.7 Å². The number of aliphatic carboxylic acids is 1. The molecule has 1 aromatic heterocycles. The van der Waals surface area contributed by atoms with Crippen LogP contribution in [0.2, 0.25) is 0 Å². The van der Waals surface area contributed by atoms with E-state index >= 15 is 0 Å². The molecule has 1 unspecified atom stereocenters. The summed E-state index contributed by atoms with van der Waals surface area (Å²) in [5.74, 6) is -1.02. The van der Waals surface area contributed by atoms with Gasteiger partial charge in [0.1, 0.15) is 6.04 Å². The van der Waals surface area contributed by atoms with Crippen molar-refractivity contribution in [3.05, 3.63) is 12.4 Å². The van der Waals surface area contributed by atoms with Gasteiger partial charge in [-0.15, -0.1) is 0 Å². The summed E-state index contributed by atoms with van der Waals surface area (Å²) >= 11 is 0. The minimum Gasteiger partial charge on any atom is -0.480 e. The molecule has 0 radical (unpaired) electrons. The van der Waals surface area contributed by atoms with Crippen molar-refractivity contribution in [2.75, 3.05) is 5.32 Å². The molecule has 0 saturated carbocycles. The molecule has 1 aromatic rings. The van der Waals surface area contributed by atoms with Crippen molar-refractivity contribution in [3.63, 3.8) is 0 Å². The molecule has 3 N–H and O–H groups in total. The molecule has 112 valence electrons. The number of rotatable bonds is 7. The van der Waals surface area contributed by atoms with E-state index in [1.165, 1.54) is 6.20 Å². The van der Waals surface area contributed by atoms with E-state index in [1.54, 1.807) is 10.9 Å². The molecular weight excluding hydrogens is 260 g/mol. The van der Waals surface area contributed by atoms with Gasteiger partial charge in [-0.3, -0.25) is 4.68 Å². The molecule has 0 spiro atoms. The number of nitrogens with one attached hydrogen (secondary N) is 2. The third-order valence-corrected chi connectivity index (χ3v) is 2.84. The van der Waals surface area contributed by atoms with Crippen LogP contribution in [-0.2, 0) is 4.79 Å². The standard InChI is InChI=1S/C13H22N4O3/c1-4-5-6-11(12(18)19)16-13(20)15-10-7-14-17(8-10)9(2)3/h7-9,11H,4-6H2,1-3H3,(H,18,19)(H2,15,16,20). The van der Waals surface area contributed by atoms with Crippen molar-refractivity contribution in [1.82, 2.24) is 15.1 Å². The van der Waals surface area contributed by atoms with Crippen LogP contribution >= 0.6 is 0 Å². The lowest BCUT2D eigenvalue weighted by molar-refractivity contribution is -0.139. The van der Waals surface area contributed by atoms with Crippen LogP contribution in [0.3, 0.4) is 0 Å². The van der Waals surface area contributed by atoms with Gasteiger partial charge in [-0.25, -0.2) is 9.59 Å². The molecule has 0 saturated heterocycles. The van der Waals surface area contributed by atoms with E-state index in [1.807, 2.05) is 20.8 Å². The maximum atomic E-state index is 11.7. The normalized spacial score (nSPS) is 12.2. The first-order valence-electron chi connectivity index (χ1n) is 6.78. The van der Waals surface area contributed by atoms with E-state index in [9.17, 15) is 9.59 Å². The Morgan fingerprint density at radius 2 is 2.15 bits per heavy atom. The summed E-state index contributed by atoms with van der Waals surface area (Å²) in [6, 6.07) is -1.20. The van der Waals surface area contributed by atoms with Crippen LogP contribution in [0.25, 0.3) is 0 Å². The zero-order valence-corrected chi connectivity index (χ0v) is 12.1. The molecule has 0 aliphatic heterocycles. The van der Waals surface area contributed by atoms with E-state index < -0.39 is 18.0 Å². The number of aromatic nitrogens is 2. The van der Waals surface area contributed by atoms with Gasteiger partial charge in [0.2, 0.25) is 0 Å². The minimum absolute atomic E-state index is 0.199. The number of carbonyl (C=O) groups excluding carboxylic acids is 1. The second-order valence-electron chi connectivity index (χ2n) is 4.93. The van der Waals surface area contributed by atoms with Crippen LogP contribution in [0.4, 0.5) is 10.5 Å². The lowest BCUT2D eigenvalue weighted by Crippen LogP contribution is -2.42. The quantitative estimate of drug-likeness (QED) is 0.714. The Balaban J connectivity index is 2.54. The number of carboxylic acids is 1. The first-order chi connectivity index (χ1) is 9.43. The molecule has 0 aliphatic rings. The molecule has 0 aliphatic carbocycles. The Bertz CT molecular complexity index is 456. The van der Waals surface area contributed by atoms with E-state index in [-0.39, 0.29) is 6.04 Å². The fraction of sp³-hybridized carbons (Fsp3) is 0.615. The molecule has 1 atom stereocenters. The molecule has 7 heteroatoms. The number of carboxylic acid groups (broad SMARTS) is 1. The second kappa shape index (κ2) is 7.52. The van der Waals surface area contributed by atoms with Crippen LogP contribution in [0.15, 0.2) is 12.4 Å². The summed E-state index contributed by atoms with van der Waals surface area (Å²) in [6.45, 7) is 5.92. The maximum absolute atomic E-state index is 11.7. The van der Waals surface area contributed by atoms with Crippen molar-refractivity contribution < 1.29 is 14.7 Å². The maximum Gasteiger partial charge on any atom is 0.326 e. The number of carbonyl (C=O) groups is 2. The average molecular weight is 282 g/mol. The topological polar surface area (TPSA) is 96.3 Å². The van der Waals surface area contributed by atoms with Gasteiger partial charge in [-0.2, -0.15) is 5.10 Å². The predicted octanol–water partition coefficient (Wildman–Crippen LogP) is 2.23. The van der Waals surface area contributed by atoms with Gasteiger partial charge >= 0.3 is 12.0 Å². The highest BCUT2D eigenvalue weighted by atomic mass is 16.4. The molecule has 1 heterocycles. The van der Waals surface area contributed by atoms with Gasteiger partial charge in [-0.05, 0) is 20.3 Å².